The molecule has 0 fully saturated rings. The third-order valence-electron chi connectivity index (χ3n) is 4.59. The first-order valence-electron chi connectivity index (χ1n) is 9.75. The highest BCUT2D eigenvalue weighted by Gasteiger charge is 2.29. The maximum Gasteiger partial charge on any atom is 0.266 e. The third kappa shape index (κ3) is 5.37. The summed E-state index contributed by atoms with van der Waals surface area (Å²) in [5.41, 5.74) is 2.73. The molecule has 0 aliphatic rings. The Balaban J connectivity index is 1.66. The number of nitrogens with one attached hydrogen (secondary N) is 1. The van der Waals surface area contributed by atoms with Crippen LogP contribution in [0.5, 0.6) is 5.75 Å². The Hall–Kier alpha value is -2.69. The number of sulfonamides is 1. The van der Waals surface area contributed by atoms with E-state index in [9.17, 15) is 13.2 Å². The minimum atomic E-state index is -3.78. The van der Waals surface area contributed by atoms with Gasteiger partial charge in [-0.2, -0.15) is 0 Å². The fraction of sp³-hybridized carbons (Fsp3) is 0.286. The van der Waals surface area contributed by atoms with E-state index in [0.717, 1.165) is 5.56 Å². The number of rotatable bonds is 9. The highest BCUT2D eigenvalue weighted by atomic mass is 35.5. The Morgan fingerprint density at radius 3 is 2.53 bits per heavy atom. The summed E-state index contributed by atoms with van der Waals surface area (Å²) >= 11 is 7.15. The molecule has 170 valence electrons. The van der Waals surface area contributed by atoms with Crippen LogP contribution in [0.4, 0.5) is 5.13 Å². The maximum atomic E-state index is 13.1. The van der Waals surface area contributed by atoms with Crippen LogP contribution in [0.15, 0.2) is 52.9 Å². The largest absolute Gasteiger partial charge is 0.496 e. The van der Waals surface area contributed by atoms with Crippen molar-refractivity contribution in [2.45, 2.75) is 31.2 Å². The van der Waals surface area contributed by atoms with Gasteiger partial charge >= 0.3 is 0 Å². The fourth-order valence-corrected chi connectivity index (χ4v) is 5.78. The van der Waals surface area contributed by atoms with Crippen molar-refractivity contribution < 1.29 is 17.9 Å². The van der Waals surface area contributed by atoms with Crippen LogP contribution in [0.25, 0.3) is 0 Å². The molecule has 0 aliphatic heterocycles. The maximum absolute atomic E-state index is 13.1. The number of aromatic nitrogens is 2. The minimum Gasteiger partial charge on any atom is -0.496 e. The van der Waals surface area contributed by atoms with E-state index < -0.39 is 10.0 Å². The van der Waals surface area contributed by atoms with E-state index in [2.05, 4.69) is 15.5 Å². The van der Waals surface area contributed by atoms with Crippen LogP contribution in [0.2, 0.25) is 5.02 Å². The Morgan fingerprint density at radius 2 is 1.94 bits per heavy atom. The van der Waals surface area contributed by atoms with Gasteiger partial charge in [0, 0.05) is 17.6 Å². The third-order valence-corrected chi connectivity index (χ3v) is 7.61. The van der Waals surface area contributed by atoms with Crippen LogP contribution in [0.3, 0.4) is 0 Å². The molecule has 0 unspecified atom stereocenters. The highest BCUT2D eigenvalue weighted by Crippen LogP contribution is 2.27. The van der Waals surface area contributed by atoms with Gasteiger partial charge in [0.2, 0.25) is 5.13 Å². The average molecular weight is 495 g/mol. The van der Waals surface area contributed by atoms with Gasteiger partial charge in [0.25, 0.3) is 15.9 Å². The number of benzene rings is 2. The molecule has 1 N–H and O–H groups in total. The van der Waals surface area contributed by atoms with Crippen molar-refractivity contribution >= 4 is 44.0 Å². The van der Waals surface area contributed by atoms with Crippen molar-refractivity contribution in [1.82, 2.24) is 15.5 Å². The summed E-state index contributed by atoms with van der Waals surface area (Å²) < 4.78 is 32.7. The zero-order valence-electron chi connectivity index (χ0n) is 17.8. The van der Waals surface area contributed by atoms with Gasteiger partial charge in [-0.1, -0.05) is 35.1 Å². The number of halogens is 1. The fourth-order valence-electron chi connectivity index (χ4n) is 3.08. The van der Waals surface area contributed by atoms with Gasteiger partial charge in [0.15, 0.2) is 0 Å². The zero-order valence-corrected chi connectivity index (χ0v) is 20.2. The average Bonchev–Trinajstić information content (AvgIpc) is 3.27. The molecule has 1 aromatic heterocycles. The summed E-state index contributed by atoms with van der Waals surface area (Å²) in [5.74, 6) is 0.139. The zero-order chi connectivity index (χ0) is 23.3. The molecule has 3 aromatic rings. The molecular formula is C21H23ClN4O4S2. The molecule has 3 rings (SSSR count). The highest BCUT2D eigenvalue weighted by molar-refractivity contribution is 7.93. The van der Waals surface area contributed by atoms with Crippen LogP contribution < -0.4 is 14.4 Å². The number of carbonyl (C=O) groups excluding carboxylic acids is 1. The van der Waals surface area contributed by atoms with Gasteiger partial charge in [-0.05, 0) is 56.2 Å². The van der Waals surface area contributed by atoms with Gasteiger partial charge in [-0.25, -0.2) is 12.7 Å². The molecule has 0 saturated carbocycles. The molecule has 11 heteroatoms. The lowest BCUT2D eigenvalue weighted by molar-refractivity contribution is 0.0951. The van der Waals surface area contributed by atoms with Crippen LogP contribution in [0, 0.1) is 0 Å². The van der Waals surface area contributed by atoms with E-state index in [4.69, 9.17) is 16.3 Å². The molecular weight excluding hydrogens is 472 g/mol. The molecule has 0 aliphatic carbocycles. The molecule has 0 saturated heterocycles. The lowest BCUT2D eigenvalue weighted by Crippen LogP contribution is -2.37. The van der Waals surface area contributed by atoms with Crippen LogP contribution in [0.1, 0.15) is 29.8 Å². The van der Waals surface area contributed by atoms with Gasteiger partial charge in [0.1, 0.15) is 11.3 Å². The van der Waals surface area contributed by atoms with Crippen LogP contribution in [-0.4, -0.2) is 44.2 Å². The summed E-state index contributed by atoms with van der Waals surface area (Å²) in [6.45, 7) is 3.93. The second kappa shape index (κ2) is 10.3. The SMILES string of the molecule is COc1ccc(Cl)cc1C(=O)NCCc1ccc(S(=O)(=O)N(c2nncs2)C(C)C)cc1. The monoisotopic (exact) mass is 494 g/mol. The lowest BCUT2D eigenvalue weighted by Gasteiger charge is -2.25. The molecule has 2 aromatic carbocycles. The second-order valence-corrected chi connectivity index (χ2v) is 10.2. The number of hydrogen-bond acceptors (Lipinski definition) is 7. The van der Waals surface area contributed by atoms with Gasteiger partial charge in [-0.3, -0.25) is 4.79 Å². The smallest absolute Gasteiger partial charge is 0.266 e. The van der Waals surface area contributed by atoms with Gasteiger partial charge in [-0.15, -0.1) is 10.2 Å². The van der Waals surface area contributed by atoms with E-state index in [-0.39, 0.29) is 16.8 Å². The van der Waals surface area contributed by atoms with Crippen molar-refractivity contribution in [1.29, 1.82) is 0 Å². The van der Waals surface area contributed by atoms with E-state index in [0.29, 0.717) is 34.4 Å². The Labute approximate surface area is 196 Å². The van der Waals surface area contributed by atoms with Crippen molar-refractivity contribution in [2.24, 2.45) is 0 Å². The number of carbonyl (C=O) groups is 1. The summed E-state index contributed by atoms with van der Waals surface area (Å²) in [4.78, 5) is 12.6. The van der Waals surface area contributed by atoms with Crippen molar-refractivity contribution in [3.05, 3.63) is 64.1 Å². The molecule has 8 nitrogen and oxygen atoms in total. The van der Waals surface area contributed by atoms with Gasteiger partial charge < -0.3 is 10.1 Å². The lowest BCUT2D eigenvalue weighted by atomic mass is 10.1. The molecule has 1 amide bonds. The molecule has 0 spiro atoms. The predicted octanol–water partition coefficient (Wildman–Crippen LogP) is 3.78. The molecule has 1 heterocycles. The minimum absolute atomic E-state index is 0.165. The summed E-state index contributed by atoms with van der Waals surface area (Å²) in [5, 5.41) is 11.2. The number of nitrogens with zero attached hydrogens (tertiary/aromatic N) is 3. The van der Waals surface area contributed by atoms with Crippen LogP contribution in [-0.2, 0) is 16.4 Å². The van der Waals surface area contributed by atoms with E-state index >= 15 is 0 Å². The van der Waals surface area contributed by atoms with E-state index in [1.165, 1.54) is 28.3 Å². The Bertz CT molecular complexity index is 1170. The molecule has 0 bridgehead atoms. The topological polar surface area (TPSA) is 101 Å². The number of amides is 1. The first kappa shape index (κ1) is 24.0. The first-order chi connectivity index (χ1) is 15.2. The van der Waals surface area contributed by atoms with E-state index in [1.54, 1.807) is 56.3 Å². The molecule has 32 heavy (non-hydrogen) atoms. The van der Waals surface area contributed by atoms with Crippen molar-refractivity contribution in [3.63, 3.8) is 0 Å². The molecule has 0 atom stereocenters. The standard InChI is InChI=1S/C21H23ClN4O4S2/c1-14(2)26(21-25-24-13-31-21)32(28,29)17-7-4-15(5-8-17)10-11-23-20(27)18-12-16(22)6-9-19(18)30-3/h4-9,12-14H,10-11H2,1-3H3,(H,23,27). The summed E-state index contributed by atoms with van der Waals surface area (Å²) in [6, 6.07) is 11.1. The second-order valence-electron chi connectivity index (χ2n) is 7.11. The number of ether oxygens (including phenoxy) is 1. The Morgan fingerprint density at radius 1 is 1.22 bits per heavy atom. The Kier molecular flexibility index (Phi) is 7.70. The van der Waals surface area contributed by atoms with Crippen molar-refractivity contribution in [2.75, 3.05) is 18.0 Å². The number of methoxy groups -OCH3 is 1. The quantitative estimate of drug-likeness (QED) is 0.485. The van der Waals surface area contributed by atoms with Gasteiger partial charge in [0.05, 0.1) is 17.6 Å². The normalized spacial score (nSPS) is 11.4. The summed E-state index contributed by atoms with van der Waals surface area (Å²) in [6.07, 6.45) is 0.527. The van der Waals surface area contributed by atoms with Crippen molar-refractivity contribution in [3.8, 4) is 5.75 Å². The molecule has 0 radical (unpaired) electrons. The number of anilines is 1. The van der Waals surface area contributed by atoms with E-state index in [1.807, 2.05) is 0 Å². The number of hydrogen-bond donors (Lipinski definition) is 1. The predicted molar refractivity (Wildman–Crippen MR) is 125 cm³/mol. The summed E-state index contributed by atoms with van der Waals surface area (Å²) in [7, 11) is -2.29. The first-order valence-corrected chi connectivity index (χ1v) is 12.4. The van der Waals surface area contributed by atoms with Crippen LogP contribution >= 0.6 is 22.9 Å².